The minimum atomic E-state index is 0.845. The molecule has 0 bridgehead atoms. The lowest BCUT2D eigenvalue weighted by atomic mass is 10.3. The van der Waals surface area contributed by atoms with Gasteiger partial charge in [0.25, 0.3) is 0 Å². The molecule has 0 amide bonds. The van der Waals surface area contributed by atoms with Gasteiger partial charge in [0, 0.05) is 0 Å². The van der Waals surface area contributed by atoms with E-state index in [2.05, 4.69) is 4.98 Å². The first-order chi connectivity index (χ1) is 4.34. The quantitative estimate of drug-likeness (QED) is 0.571. The van der Waals surface area contributed by atoms with Crippen molar-refractivity contribution in [1.29, 1.82) is 0 Å². The molecular formula is C7H9NO. The Labute approximate surface area is 54.2 Å². The third kappa shape index (κ3) is 1.19. The lowest BCUT2D eigenvalue weighted by Gasteiger charge is -1.81. The maximum absolute atomic E-state index is 5.01. The second-order valence-corrected chi connectivity index (χ2v) is 1.80. The molecule has 0 aliphatic rings. The summed E-state index contributed by atoms with van der Waals surface area (Å²) in [6.07, 6.45) is 5.26. The molecule has 2 heteroatoms. The molecule has 0 saturated carbocycles. The van der Waals surface area contributed by atoms with E-state index in [1.807, 2.05) is 26.0 Å². The van der Waals surface area contributed by atoms with E-state index in [0.717, 1.165) is 11.5 Å². The zero-order valence-corrected chi connectivity index (χ0v) is 5.59. The minimum Gasteiger partial charge on any atom is -0.444 e. The summed E-state index contributed by atoms with van der Waals surface area (Å²) < 4.78 is 5.01. The lowest BCUT2D eigenvalue weighted by molar-refractivity contribution is 0.547. The summed E-state index contributed by atoms with van der Waals surface area (Å²) in [7, 11) is 0. The van der Waals surface area contributed by atoms with Gasteiger partial charge in [-0.15, -0.1) is 0 Å². The van der Waals surface area contributed by atoms with E-state index in [1.165, 1.54) is 6.39 Å². The normalized spacial score (nSPS) is 10.9. The highest BCUT2D eigenvalue weighted by Gasteiger charge is 1.94. The van der Waals surface area contributed by atoms with Crippen LogP contribution in [-0.2, 0) is 0 Å². The van der Waals surface area contributed by atoms with Crippen molar-refractivity contribution in [2.24, 2.45) is 0 Å². The molecule has 0 N–H and O–H groups in total. The monoisotopic (exact) mass is 123 g/mol. The highest BCUT2D eigenvalue weighted by Crippen LogP contribution is 2.05. The maximum atomic E-state index is 5.01. The standard InChI is InChI=1S/C7H9NO/c1-3-4-7-6(2)8-5-9-7/h3-5H,1-2H3/b4-3-. The average molecular weight is 123 g/mol. The van der Waals surface area contributed by atoms with Gasteiger partial charge in [-0.05, 0) is 19.9 Å². The summed E-state index contributed by atoms with van der Waals surface area (Å²) in [5, 5.41) is 0. The van der Waals surface area contributed by atoms with Crippen molar-refractivity contribution in [1.82, 2.24) is 4.98 Å². The van der Waals surface area contributed by atoms with Gasteiger partial charge in [-0.1, -0.05) is 6.08 Å². The topological polar surface area (TPSA) is 26.0 Å². The molecule has 0 spiro atoms. The fourth-order valence-corrected chi connectivity index (χ4v) is 0.622. The van der Waals surface area contributed by atoms with E-state index in [4.69, 9.17) is 4.42 Å². The van der Waals surface area contributed by atoms with Crippen LogP contribution in [0.4, 0.5) is 0 Å². The van der Waals surface area contributed by atoms with Crippen molar-refractivity contribution < 1.29 is 4.42 Å². The Bertz CT molecular complexity index is 212. The highest BCUT2D eigenvalue weighted by atomic mass is 16.3. The van der Waals surface area contributed by atoms with Crippen molar-refractivity contribution in [3.63, 3.8) is 0 Å². The SMILES string of the molecule is C/C=C\c1ocnc1C. The van der Waals surface area contributed by atoms with Crippen LogP contribution < -0.4 is 0 Å². The van der Waals surface area contributed by atoms with Gasteiger partial charge in [-0.2, -0.15) is 0 Å². The summed E-state index contributed by atoms with van der Waals surface area (Å²) in [6, 6.07) is 0. The van der Waals surface area contributed by atoms with Crippen LogP contribution in [0.2, 0.25) is 0 Å². The van der Waals surface area contributed by atoms with E-state index in [0.29, 0.717) is 0 Å². The summed E-state index contributed by atoms with van der Waals surface area (Å²) >= 11 is 0. The number of aryl methyl sites for hydroxylation is 1. The summed E-state index contributed by atoms with van der Waals surface area (Å²) in [4.78, 5) is 3.92. The van der Waals surface area contributed by atoms with Gasteiger partial charge in [-0.3, -0.25) is 0 Å². The van der Waals surface area contributed by atoms with Crippen LogP contribution in [0.3, 0.4) is 0 Å². The minimum absolute atomic E-state index is 0.845. The third-order valence-corrected chi connectivity index (χ3v) is 1.10. The molecule has 1 rings (SSSR count). The van der Waals surface area contributed by atoms with E-state index >= 15 is 0 Å². The Balaban J connectivity index is 2.94. The molecule has 0 aliphatic carbocycles. The van der Waals surface area contributed by atoms with E-state index < -0.39 is 0 Å². The average Bonchev–Trinajstić information content (AvgIpc) is 2.18. The van der Waals surface area contributed by atoms with Crippen molar-refractivity contribution in [2.75, 3.05) is 0 Å². The van der Waals surface area contributed by atoms with Crippen LogP contribution in [0.1, 0.15) is 18.4 Å². The zero-order valence-electron chi connectivity index (χ0n) is 5.59. The van der Waals surface area contributed by atoms with Gasteiger partial charge >= 0.3 is 0 Å². The predicted molar refractivity (Wildman–Crippen MR) is 35.9 cm³/mol. The number of aromatic nitrogens is 1. The summed E-state index contributed by atoms with van der Waals surface area (Å²) in [5.74, 6) is 0.845. The first-order valence-electron chi connectivity index (χ1n) is 2.87. The van der Waals surface area contributed by atoms with Crippen LogP contribution in [-0.4, -0.2) is 4.98 Å². The van der Waals surface area contributed by atoms with Gasteiger partial charge in [0.1, 0.15) is 5.76 Å². The van der Waals surface area contributed by atoms with Crippen LogP contribution in [0.5, 0.6) is 0 Å². The largest absolute Gasteiger partial charge is 0.444 e. The van der Waals surface area contributed by atoms with Crippen molar-refractivity contribution in [2.45, 2.75) is 13.8 Å². The highest BCUT2D eigenvalue weighted by molar-refractivity contribution is 5.43. The van der Waals surface area contributed by atoms with Crippen molar-refractivity contribution >= 4 is 6.08 Å². The van der Waals surface area contributed by atoms with E-state index in [9.17, 15) is 0 Å². The fraction of sp³-hybridized carbons (Fsp3) is 0.286. The number of rotatable bonds is 1. The molecule has 1 heterocycles. The predicted octanol–water partition coefficient (Wildman–Crippen LogP) is 2.02. The molecule has 0 fully saturated rings. The lowest BCUT2D eigenvalue weighted by Crippen LogP contribution is -1.71. The van der Waals surface area contributed by atoms with Crippen molar-refractivity contribution in [3.8, 4) is 0 Å². The number of nitrogens with zero attached hydrogens (tertiary/aromatic N) is 1. The number of hydrogen-bond acceptors (Lipinski definition) is 2. The third-order valence-electron chi connectivity index (χ3n) is 1.10. The molecular weight excluding hydrogens is 114 g/mol. The molecule has 0 saturated heterocycles. The molecule has 0 atom stereocenters. The molecule has 9 heavy (non-hydrogen) atoms. The summed E-state index contributed by atoms with van der Waals surface area (Å²) in [6.45, 7) is 3.86. The van der Waals surface area contributed by atoms with E-state index in [-0.39, 0.29) is 0 Å². The molecule has 2 nitrogen and oxygen atoms in total. The first kappa shape index (κ1) is 6.08. The van der Waals surface area contributed by atoms with Crippen LogP contribution >= 0.6 is 0 Å². The van der Waals surface area contributed by atoms with Crippen LogP contribution in [0.25, 0.3) is 6.08 Å². The second kappa shape index (κ2) is 2.49. The van der Waals surface area contributed by atoms with Gasteiger partial charge in [0.2, 0.25) is 0 Å². The molecule has 0 aromatic carbocycles. The molecule has 0 radical (unpaired) electrons. The van der Waals surface area contributed by atoms with Gasteiger partial charge in [0.15, 0.2) is 6.39 Å². The maximum Gasteiger partial charge on any atom is 0.181 e. The Morgan fingerprint density at radius 1 is 1.67 bits per heavy atom. The fourth-order valence-electron chi connectivity index (χ4n) is 0.622. The summed E-state index contributed by atoms with van der Waals surface area (Å²) in [5.41, 5.74) is 0.938. The first-order valence-corrected chi connectivity index (χ1v) is 2.87. The molecule has 1 aromatic rings. The number of hydrogen-bond donors (Lipinski definition) is 0. The molecule has 1 aromatic heterocycles. The Hall–Kier alpha value is -1.05. The number of allylic oxidation sites excluding steroid dienone is 1. The zero-order chi connectivity index (χ0) is 6.69. The van der Waals surface area contributed by atoms with Crippen LogP contribution in [0.15, 0.2) is 16.9 Å². The van der Waals surface area contributed by atoms with Gasteiger partial charge in [-0.25, -0.2) is 4.98 Å². The van der Waals surface area contributed by atoms with Crippen LogP contribution in [0, 0.1) is 6.92 Å². The molecule has 0 unspecified atom stereocenters. The molecule has 0 aliphatic heterocycles. The smallest absolute Gasteiger partial charge is 0.181 e. The Morgan fingerprint density at radius 2 is 2.44 bits per heavy atom. The van der Waals surface area contributed by atoms with Crippen molar-refractivity contribution in [3.05, 3.63) is 23.9 Å². The Kier molecular flexibility index (Phi) is 1.68. The van der Waals surface area contributed by atoms with Gasteiger partial charge in [0.05, 0.1) is 5.69 Å². The molecule has 48 valence electrons. The number of oxazole rings is 1. The second-order valence-electron chi connectivity index (χ2n) is 1.80. The van der Waals surface area contributed by atoms with E-state index in [1.54, 1.807) is 0 Å². The van der Waals surface area contributed by atoms with Gasteiger partial charge < -0.3 is 4.42 Å². The Morgan fingerprint density at radius 3 is 2.89 bits per heavy atom.